The summed E-state index contributed by atoms with van der Waals surface area (Å²) in [6, 6.07) is 0. The van der Waals surface area contributed by atoms with Crippen molar-refractivity contribution in [1.82, 2.24) is 5.32 Å². The van der Waals surface area contributed by atoms with Crippen LogP contribution in [0.1, 0.15) is 46.5 Å². The van der Waals surface area contributed by atoms with Crippen LogP contribution in [-0.2, 0) is 19.1 Å². The summed E-state index contributed by atoms with van der Waals surface area (Å²) in [6.45, 7) is 7.12. The minimum atomic E-state index is -1.00. The van der Waals surface area contributed by atoms with Crippen molar-refractivity contribution >= 4 is 11.9 Å². The van der Waals surface area contributed by atoms with Crippen LogP contribution in [0.3, 0.4) is 0 Å². The van der Waals surface area contributed by atoms with Gasteiger partial charge < -0.3 is 14.8 Å². The van der Waals surface area contributed by atoms with Gasteiger partial charge in [0.1, 0.15) is 0 Å². The number of hydrogen-bond donors (Lipinski definition) is 1. The SMILES string of the molecule is CC1(C)[C@@]2(C)CC[C@]1(C(=O)NC[C@@H]1CCCO1)OC2=O. The van der Waals surface area contributed by atoms with Crippen LogP contribution in [0.25, 0.3) is 0 Å². The standard InChI is InChI=1S/C15H23NO4/c1-13(2)14(3)6-7-15(13,20-12(14)18)11(17)16-9-10-5-4-8-19-10/h10H,4-9H2,1-3H3,(H,16,17)/t10-,14-,15+/m0/s1. The van der Waals surface area contributed by atoms with Crippen LogP contribution in [0, 0.1) is 10.8 Å². The third kappa shape index (κ3) is 1.53. The second-order valence-electron chi connectivity index (χ2n) is 7.02. The van der Waals surface area contributed by atoms with Crippen molar-refractivity contribution in [2.45, 2.75) is 58.2 Å². The van der Waals surface area contributed by atoms with E-state index >= 15 is 0 Å². The normalized spacial score (nSPS) is 41.8. The molecule has 20 heavy (non-hydrogen) atoms. The molecule has 1 saturated carbocycles. The summed E-state index contributed by atoms with van der Waals surface area (Å²) in [5.41, 5.74) is -2.02. The van der Waals surface area contributed by atoms with Gasteiger partial charge in [-0.3, -0.25) is 9.59 Å². The zero-order valence-corrected chi connectivity index (χ0v) is 12.5. The van der Waals surface area contributed by atoms with Crippen LogP contribution < -0.4 is 5.32 Å². The average molecular weight is 281 g/mol. The highest BCUT2D eigenvalue weighted by Crippen LogP contribution is 2.65. The molecule has 1 aliphatic carbocycles. The topological polar surface area (TPSA) is 64.6 Å². The third-order valence-electron chi connectivity index (χ3n) is 5.96. The molecular weight excluding hydrogens is 258 g/mol. The number of fused-ring (bicyclic) bond motifs is 2. The van der Waals surface area contributed by atoms with Gasteiger partial charge in [-0.2, -0.15) is 0 Å². The molecular formula is C15H23NO4. The monoisotopic (exact) mass is 281 g/mol. The number of hydrogen-bond acceptors (Lipinski definition) is 4. The minimum Gasteiger partial charge on any atom is -0.448 e. The van der Waals surface area contributed by atoms with Crippen LogP contribution in [0.5, 0.6) is 0 Å². The molecule has 0 aromatic carbocycles. The number of ether oxygens (including phenoxy) is 2. The maximum absolute atomic E-state index is 12.6. The maximum Gasteiger partial charge on any atom is 0.313 e. The van der Waals surface area contributed by atoms with E-state index in [-0.39, 0.29) is 18.0 Å². The summed E-state index contributed by atoms with van der Waals surface area (Å²) in [4.78, 5) is 24.8. The van der Waals surface area contributed by atoms with Crippen molar-refractivity contribution < 1.29 is 19.1 Å². The van der Waals surface area contributed by atoms with Gasteiger partial charge >= 0.3 is 5.97 Å². The molecule has 2 heterocycles. The van der Waals surface area contributed by atoms with Crippen molar-refractivity contribution in [1.29, 1.82) is 0 Å². The molecule has 2 aliphatic heterocycles. The van der Waals surface area contributed by atoms with Gasteiger partial charge in [0.05, 0.1) is 11.5 Å². The van der Waals surface area contributed by atoms with Crippen molar-refractivity contribution in [3.63, 3.8) is 0 Å². The quantitative estimate of drug-likeness (QED) is 0.794. The second-order valence-corrected chi connectivity index (χ2v) is 7.02. The van der Waals surface area contributed by atoms with Crippen molar-refractivity contribution in [3.05, 3.63) is 0 Å². The Balaban J connectivity index is 1.75. The molecule has 3 rings (SSSR count). The van der Waals surface area contributed by atoms with Crippen molar-refractivity contribution in [2.24, 2.45) is 10.8 Å². The lowest BCUT2D eigenvalue weighted by molar-refractivity contribution is -0.168. The number of nitrogens with one attached hydrogen (secondary N) is 1. The highest BCUT2D eigenvalue weighted by Gasteiger charge is 2.75. The van der Waals surface area contributed by atoms with Gasteiger partial charge in [-0.05, 0) is 32.6 Å². The zero-order chi connectivity index (χ0) is 14.6. The molecule has 2 saturated heterocycles. The Labute approximate surface area is 119 Å². The smallest absolute Gasteiger partial charge is 0.313 e. The Kier molecular flexibility index (Phi) is 2.91. The first-order valence-corrected chi connectivity index (χ1v) is 7.47. The first kappa shape index (κ1) is 13.9. The van der Waals surface area contributed by atoms with E-state index in [1.807, 2.05) is 20.8 Å². The van der Waals surface area contributed by atoms with Crippen LogP contribution in [0.2, 0.25) is 0 Å². The Bertz CT molecular complexity index is 455. The molecule has 0 aromatic heterocycles. The Morgan fingerprint density at radius 3 is 2.60 bits per heavy atom. The van der Waals surface area contributed by atoms with E-state index < -0.39 is 16.4 Å². The number of esters is 1. The lowest BCUT2D eigenvalue weighted by atomic mass is 9.66. The molecule has 0 radical (unpaired) electrons. The van der Waals surface area contributed by atoms with E-state index in [1.165, 1.54) is 0 Å². The fraction of sp³-hybridized carbons (Fsp3) is 0.867. The Morgan fingerprint density at radius 1 is 1.35 bits per heavy atom. The second kappa shape index (κ2) is 4.20. The largest absolute Gasteiger partial charge is 0.448 e. The van der Waals surface area contributed by atoms with E-state index in [0.29, 0.717) is 19.4 Å². The van der Waals surface area contributed by atoms with Crippen molar-refractivity contribution in [2.75, 3.05) is 13.2 Å². The van der Waals surface area contributed by atoms with Gasteiger partial charge in [-0.15, -0.1) is 0 Å². The van der Waals surface area contributed by atoms with E-state index in [0.717, 1.165) is 19.4 Å². The first-order chi connectivity index (χ1) is 9.33. The number of carbonyl (C=O) groups is 2. The molecule has 0 spiro atoms. The molecule has 2 bridgehead atoms. The number of carbonyl (C=O) groups excluding carboxylic acids is 2. The predicted molar refractivity (Wildman–Crippen MR) is 71.9 cm³/mol. The summed E-state index contributed by atoms with van der Waals surface area (Å²) in [5.74, 6) is -0.395. The van der Waals surface area contributed by atoms with E-state index in [4.69, 9.17) is 9.47 Å². The average Bonchev–Trinajstić information content (AvgIpc) is 3.01. The number of amides is 1. The predicted octanol–water partition coefficient (Wildman–Crippen LogP) is 1.40. The summed E-state index contributed by atoms with van der Waals surface area (Å²) in [6.07, 6.45) is 3.45. The van der Waals surface area contributed by atoms with Gasteiger partial charge in [-0.1, -0.05) is 13.8 Å². The van der Waals surface area contributed by atoms with Gasteiger partial charge in [0.25, 0.3) is 5.91 Å². The lowest BCUT2D eigenvalue weighted by Gasteiger charge is -2.35. The van der Waals surface area contributed by atoms with E-state index in [9.17, 15) is 9.59 Å². The molecule has 3 atom stereocenters. The maximum atomic E-state index is 12.6. The summed E-state index contributed by atoms with van der Waals surface area (Å²) < 4.78 is 11.1. The molecule has 5 heteroatoms. The Morgan fingerprint density at radius 2 is 2.10 bits per heavy atom. The number of rotatable bonds is 3. The fourth-order valence-electron chi connectivity index (χ4n) is 3.90. The fourth-order valence-corrected chi connectivity index (χ4v) is 3.90. The highest BCUT2D eigenvalue weighted by molar-refractivity contribution is 5.96. The molecule has 3 fully saturated rings. The van der Waals surface area contributed by atoms with E-state index in [1.54, 1.807) is 0 Å². The highest BCUT2D eigenvalue weighted by atomic mass is 16.6. The summed E-state index contributed by atoms with van der Waals surface area (Å²) in [7, 11) is 0. The molecule has 1 N–H and O–H groups in total. The third-order valence-corrected chi connectivity index (χ3v) is 5.96. The van der Waals surface area contributed by atoms with Crippen LogP contribution in [0.4, 0.5) is 0 Å². The molecule has 112 valence electrons. The van der Waals surface area contributed by atoms with Crippen LogP contribution in [-0.4, -0.2) is 36.7 Å². The van der Waals surface area contributed by atoms with E-state index in [2.05, 4.69) is 5.32 Å². The minimum absolute atomic E-state index is 0.100. The summed E-state index contributed by atoms with van der Waals surface area (Å²) >= 11 is 0. The van der Waals surface area contributed by atoms with Crippen LogP contribution in [0.15, 0.2) is 0 Å². The molecule has 3 aliphatic rings. The summed E-state index contributed by atoms with van der Waals surface area (Å²) in [5, 5.41) is 2.94. The Hall–Kier alpha value is -1.10. The van der Waals surface area contributed by atoms with Gasteiger partial charge in [0.2, 0.25) is 0 Å². The molecule has 0 aromatic rings. The van der Waals surface area contributed by atoms with Gasteiger partial charge in [0, 0.05) is 18.6 Å². The van der Waals surface area contributed by atoms with Crippen molar-refractivity contribution in [3.8, 4) is 0 Å². The zero-order valence-electron chi connectivity index (χ0n) is 12.5. The lowest BCUT2D eigenvalue weighted by Crippen LogP contribution is -2.54. The molecule has 1 amide bonds. The molecule has 5 nitrogen and oxygen atoms in total. The van der Waals surface area contributed by atoms with Crippen LogP contribution >= 0.6 is 0 Å². The van der Waals surface area contributed by atoms with Gasteiger partial charge in [-0.25, -0.2) is 0 Å². The first-order valence-electron chi connectivity index (χ1n) is 7.47. The van der Waals surface area contributed by atoms with Gasteiger partial charge in [0.15, 0.2) is 5.60 Å². The molecule has 0 unspecified atom stereocenters.